The molecule has 2 rings (SSSR count). The minimum atomic E-state index is 0. The summed E-state index contributed by atoms with van der Waals surface area (Å²) in [7, 11) is 1.66. The average Bonchev–Trinajstić information content (AvgIpc) is 2.49. The monoisotopic (exact) mass is 307 g/mol. The van der Waals surface area contributed by atoms with Crippen LogP contribution in [-0.4, -0.2) is 20.3 Å². The van der Waals surface area contributed by atoms with Crippen molar-refractivity contribution in [3.8, 4) is 11.5 Å². The molecular weight excluding hydrogens is 286 g/mol. The first-order chi connectivity index (χ1) is 9.83. The van der Waals surface area contributed by atoms with E-state index in [0.717, 1.165) is 30.2 Å². The van der Waals surface area contributed by atoms with Gasteiger partial charge in [0.1, 0.15) is 0 Å². The van der Waals surface area contributed by atoms with Gasteiger partial charge < -0.3 is 14.8 Å². The average molecular weight is 308 g/mol. The normalized spacial score (nSPS) is 9.62. The van der Waals surface area contributed by atoms with E-state index in [1.807, 2.05) is 36.4 Å². The van der Waals surface area contributed by atoms with Crippen molar-refractivity contribution >= 4 is 18.1 Å². The van der Waals surface area contributed by atoms with Gasteiger partial charge in [-0.15, -0.1) is 12.4 Å². The molecule has 0 unspecified atom stereocenters. The number of rotatable bonds is 7. The molecule has 0 heterocycles. The van der Waals surface area contributed by atoms with E-state index in [0.29, 0.717) is 6.61 Å². The van der Waals surface area contributed by atoms with Crippen LogP contribution in [0.5, 0.6) is 11.5 Å². The Kier molecular flexibility index (Phi) is 7.48. The van der Waals surface area contributed by atoms with E-state index < -0.39 is 0 Å². The first-order valence-electron chi connectivity index (χ1n) is 6.92. The van der Waals surface area contributed by atoms with Crippen LogP contribution in [0.1, 0.15) is 12.5 Å². The molecule has 21 heavy (non-hydrogen) atoms. The second kappa shape index (κ2) is 9.14. The number of nitrogens with one attached hydrogen (secondary N) is 1. The predicted molar refractivity (Wildman–Crippen MR) is 90.0 cm³/mol. The molecule has 0 aliphatic carbocycles. The van der Waals surface area contributed by atoms with Gasteiger partial charge in [-0.2, -0.15) is 0 Å². The summed E-state index contributed by atoms with van der Waals surface area (Å²) in [6.45, 7) is 3.59. The highest BCUT2D eigenvalue weighted by molar-refractivity contribution is 5.85. The van der Waals surface area contributed by atoms with Crippen molar-refractivity contribution in [3.05, 3.63) is 54.1 Å². The fourth-order valence-electron chi connectivity index (χ4n) is 2.03. The van der Waals surface area contributed by atoms with Crippen molar-refractivity contribution in [2.24, 2.45) is 0 Å². The van der Waals surface area contributed by atoms with Gasteiger partial charge in [-0.1, -0.05) is 30.3 Å². The van der Waals surface area contributed by atoms with Crippen LogP contribution in [0.3, 0.4) is 0 Å². The van der Waals surface area contributed by atoms with Gasteiger partial charge in [-0.3, -0.25) is 0 Å². The van der Waals surface area contributed by atoms with Crippen molar-refractivity contribution < 1.29 is 9.47 Å². The minimum absolute atomic E-state index is 0. The summed E-state index contributed by atoms with van der Waals surface area (Å²) in [6, 6.07) is 16.2. The molecule has 4 heteroatoms. The summed E-state index contributed by atoms with van der Waals surface area (Å²) in [6.07, 6.45) is 0.884. The Bertz CT molecular complexity index is 532. The molecule has 0 radical (unpaired) electrons. The molecule has 2 aromatic carbocycles. The molecule has 2 aromatic rings. The Balaban J connectivity index is 0.00000220. The maximum absolute atomic E-state index is 5.85. The maximum atomic E-state index is 5.85. The van der Waals surface area contributed by atoms with Crippen LogP contribution in [0, 0.1) is 0 Å². The molecule has 114 valence electrons. The molecule has 0 spiro atoms. The lowest BCUT2D eigenvalue weighted by molar-refractivity contribution is 0.298. The van der Waals surface area contributed by atoms with Crippen LogP contribution in [0.15, 0.2) is 48.5 Å². The van der Waals surface area contributed by atoms with Crippen LogP contribution in [0.4, 0.5) is 5.69 Å². The van der Waals surface area contributed by atoms with E-state index in [1.165, 1.54) is 5.56 Å². The number of ether oxygens (including phenoxy) is 2. The highest BCUT2D eigenvalue weighted by Crippen LogP contribution is 2.30. The SMILES string of the molecule is CCNc1ccc(OC)c(OCCc2ccccc2)c1.Cl. The van der Waals surface area contributed by atoms with Gasteiger partial charge in [0.05, 0.1) is 13.7 Å². The van der Waals surface area contributed by atoms with E-state index in [2.05, 4.69) is 24.4 Å². The molecule has 0 saturated carbocycles. The number of hydrogen-bond acceptors (Lipinski definition) is 3. The molecule has 0 bridgehead atoms. The van der Waals surface area contributed by atoms with E-state index in [4.69, 9.17) is 9.47 Å². The van der Waals surface area contributed by atoms with Gasteiger partial charge in [-0.05, 0) is 24.6 Å². The fraction of sp³-hybridized carbons (Fsp3) is 0.294. The summed E-state index contributed by atoms with van der Waals surface area (Å²) >= 11 is 0. The lowest BCUT2D eigenvalue weighted by Gasteiger charge is -2.13. The quantitative estimate of drug-likeness (QED) is 0.833. The Labute approximate surface area is 132 Å². The topological polar surface area (TPSA) is 30.5 Å². The van der Waals surface area contributed by atoms with Crippen molar-refractivity contribution in [3.63, 3.8) is 0 Å². The zero-order chi connectivity index (χ0) is 14.2. The van der Waals surface area contributed by atoms with Crippen molar-refractivity contribution in [2.45, 2.75) is 13.3 Å². The molecule has 3 nitrogen and oxygen atoms in total. The number of benzene rings is 2. The zero-order valence-corrected chi connectivity index (χ0v) is 13.3. The molecule has 0 amide bonds. The summed E-state index contributed by atoms with van der Waals surface area (Å²) < 4.78 is 11.2. The van der Waals surface area contributed by atoms with Crippen LogP contribution in [0.25, 0.3) is 0 Å². The number of halogens is 1. The first kappa shape index (κ1) is 17.2. The lowest BCUT2D eigenvalue weighted by atomic mass is 10.2. The van der Waals surface area contributed by atoms with Crippen LogP contribution in [0.2, 0.25) is 0 Å². The van der Waals surface area contributed by atoms with Crippen LogP contribution < -0.4 is 14.8 Å². The van der Waals surface area contributed by atoms with Gasteiger partial charge in [0.25, 0.3) is 0 Å². The number of hydrogen-bond donors (Lipinski definition) is 1. The van der Waals surface area contributed by atoms with Gasteiger partial charge in [0, 0.05) is 24.7 Å². The number of anilines is 1. The largest absolute Gasteiger partial charge is 0.493 e. The van der Waals surface area contributed by atoms with Crippen molar-refractivity contribution in [2.75, 3.05) is 25.6 Å². The molecule has 0 atom stereocenters. The van der Waals surface area contributed by atoms with Crippen molar-refractivity contribution in [1.29, 1.82) is 0 Å². The summed E-state index contributed by atoms with van der Waals surface area (Å²) in [5.41, 5.74) is 2.32. The highest BCUT2D eigenvalue weighted by atomic mass is 35.5. The predicted octanol–water partition coefficient (Wildman–Crippen LogP) is 4.17. The minimum Gasteiger partial charge on any atom is -0.493 e. The summed E-state index contributed by atoms with van der Waals surface area (Å²) in [5, 5.41) is 3.27. The van der Waals surface area contributed by atoms with E-state index in [9.17, 15) is 0 Å². The highest BCUT2D eigenvalue weighted by Gasteiger charge is 2.05. The smallest absolute Gasteiger partial charge is 0.163 e. The Hall–Kier alpha value is -1.87. The molecular formula is C17H22ClNO2. The van der Waals surface area contributed by atoms with Gasteiger partial charge >= 0.3 is 0 Å². The Morgan fingerprint density at radius 1 is 1.00 bits per heavy atom. The third-order valence-electron chi connectivity index (χ3n) is 3.04. The summed E-state index contributed by atoms with van der Waals surface area (Å²) in [5.74, 6) is 1.54. The zero-order valence-electron chi connectivity index (χ0n) is 12.5. The van der Waals surface area contributed by atoms with Crippen molar-refractivity contribution in [1.82, 2.24) is 0 Å². The Morgan fingerprint density at radius 3 is 2.43 bits per heavy atom. The first-order valence-corrected chi connectivity index (χ1v) is 6.92. The summed E-state index contributed by atoms with van der Waals surface area (Å²) in [4.78, 5) is 0. The second-order valence-corrected chi connectivity index (χ2v) is 4.48. The number of methoxy groups -OCH3 is 1. The van der Waals surface area contributed by atoms with Gasteiger partial charge in [-0.25, -0.2) is 0 Å². The van der Waals surface area contributed by atoms with E-state index in [-0.39, 0.29) is 12.4 Å². The molecule has 0 saturated heterocycles. The van der Waals surface area contributed by atoms with E-state index in [1.54, 1.807) is 7.11 Å². The van der Waals surface area contributed by atoms with Gasteiger partial charge in [0.2, 0.25) is 0 Å². The fourth-order valence-corrected chi connectivity index (χ4v) is 2.03. The molecule has 0 aliphatic rings. The van der Waals surface area contributed by atoms with E-state index >= 15 is 0 Å². The molecule has 0 aromatic heterocycles. The van der Waals surface area contributed by atoms with Crippen LogP contribution >= 0.6 is 12.4 Å². The Morgan fingerprint density at radius 2 is 1.76 bits per heavy atom. The van der Waals surface area contributed by atoms with Gasteiger partial charge in [0.15, 0.2) is 11.5 Å². The molecule has 0 fully saturated rings. The standard InChI is InChI=1S/C17H21NO2.ClH/c1-3-18-15-9-10-16(19-2)17(13-15)20-12-11-14-7-5-4-6-8-14;/h4-10,13,18H,3,11-12H2,1-2H3;1H. The lowest BCUT2D eigenvalue weighted by Crippen LogP contribution is -2.04. The second-order valence-electron chi connectivity index (χ2n) is 4.48. The third kappa shape index (κ3) is 5.20. The van der Waals surface area contributed by atoms with Crippen LogP contribution in [-0.2, 0) is 6.42 Å². The third-order valence-corrected chi connectivity index (χ3v) is 3.04. The molecule has 0 aliphatic heterocycles. The molecule has 1 N–H and O–H groups in total. The maximum Gasteiger partial charge on any atom is 0.163 e.